The maximum atomic E-state index is 11.9. The Balaban J connectivity index is 1.78. The van der Waals surface area contributed by atoms with Gasteiger partial charge in [0.25, 0.3) is 0 Å². The van der Waals surface area contributed by atoms with Gasteiger partial charge in [0.15, 0.2) is 0 Å². The van der Waals surface area contributed by atoms with Crippen LogP contribution in [0.2, 0.25) is 0 Å². The number of carbonyl (C=O) groups is 1. The Hall–Kier alpha value is -0.910. The average molecular weight is 341 g/mol. The van der Waals surface area contributed by atoms with Gasteiger partial charge in [-0.3, -0.25) is 4.79 Å². The number of rotatable bonds is 7. The molecule has 1 atom stereocenters. The molecule has 110 valence electrons. The summed E-state index contributed by atoms with van der Waals surface area (Å²) in [6, 6.07) is 5.62. The Morgan fingerprint density at radius 1 is 1.45 bits per heavy atom. The van der Waals surface area contributed by atoms with Gasteiger partial charge in [0.05, 0.1) is 0 Å². The minimum absolute atomic E-state index is 0.0150. The van der Waals surface area contributed by atoms with Crippen LogP contribution in [0.3, 0.4) is 0 Å². The Bertz CT molecular complexity index is 477. The van der Waals surface area contributed by atoms with Crippen LogP contribution in [-0.2, 0) is 9.53 Å². The molecule has 1 aliphatic heterocycles. The summed E-state index contributed by atoms with van der Waals surface area (Å²) in [5.41, 5.74) is 1.90. The lowest BCUT2D eigenvalue weighted by atomic mass is 10.1. The molecule has 0 radical (unpaired) electrons. The van der Waals surface area contributed by atoms with E-state index in [-0.39, 0.29) is 11.9 Å². The van der Waals surface area contributed by atoms with E-state index in [1.54, 1.807) is 0 Å². The molecule has 1 aromatic rings. The first-order valence-corrected chi connectivity index (χ1v) is 7.78. The molecular weight excluding hydrogens is 320 g/mol. The zero-order valence-electron chi connectivity index (χ0n) is 11.9. The van der Waals surface area contributed by atoms with Crippen molar-refractivity contribution in [3.63, 3.8) is 0 Å². The molecule has 0 aliphatic carbocycles. The molecule has 5 heteroatoms. The van der Waals surface area contributed by atoms with Gasteiger partial charge < -0.3 is 15.4 Å². The normalized spacial score (nSPS) is 17.4. The van der Waals surface area contributed by atoms with E-state index < -0.39 is 0 Å². The molecule has 2 N–H and O–H groups in total. The van der Waals surface area contributed by atoms with Crippen LogP contribution < -0.4 is 10.6 Å². The van der Waals surface area contributed by atoms with E-state index in [0.717, 1.165) is 41.9 Å². The number of anilines is 1. The van der Waals surface area contributed by atoms with E-state index in [0.29, 0.717) is 5.92 Å². The van der Waals surface area contributed by atoms with Gasteiger partial charge in [-0.1, -0.05) is 35.8 Å². The molecule has 1 unspecified atom stereocenters. The quantitative estimate of drug-likeness (QED) is 0.750. The number of carbonyl (C=O) groups excluding carboxylic acids is 1. The van der Waals surface area contributed by atoms with E-state index in [1.165, 1.54) is 0 Å². The molecule has 1 amide bonds. The minimum atomic E-state index is -0.247. The van der Waals surface area contributed by atoms with Crippen molar-refractivity contribution in [1.29, 1.82) is 0 Å². The largest absolute Gasteiger partial charge is 0.381 e. The molecule has 1 heterocycles. The highest BCUT2D eigenvalue weighted by Gasteiger charge is 2.29. The molecule has 4 nitrogen and oxygen atoms in total. The van der Waals surface area contributed by atoms with E-state index in [1.807, 2.05) is 18.2 Å². The van der Waals surface area contributed by atoms with Gasteiger partial charge in [0, 0.05) is 28.9 Å². The molecule has 20 heavy (non-hydrogen) atoms. The number of amides is 1. The predicted molar refractivity (Wildman–Crippen MR) is 83.8 cm³/mol. The summed E-state index contributed by atoms with van der Waals surface area (Å²) >= 11 is 3.41. The van der Waals surface area contributed by atoms with Crippen LogP contribution in [0.15, 0.2) is 22.7 Å². The van der Waals surface area contributed by atoms with Gasteiger partial charge in [-0.15, -0.1) is 0 Å². The van der Waals surface area contributed by atoms with Crippen molar-refractivity contribution in [2.75, 3.05) is 25.1 Å². The van der Waals surface area contributed by atoms with Crippen molar-refractivity contribution in [2.45, 2.75) is 26.3 Å². The molecule has 2 rings (SSSR count). The number of hydrogen-bond acceptors (Lipinski definition) is 3. The van der Waals surface area contributed by atoms with Gasteiger partial charge in [-0.05, 0) is 31.0 Å². The summed E-state index contributed by atoms with van der Waals surface area (Å²) in [5, 5.41) is 6.18. The number of hydrogen-bond donors (Lipinski definition) is 2. The van der Waals surface area contributed by atoms with Gasteiger partial charge in [-0.25, -0.2) is 0 Å². The average Bonchev–Trinajstić information content (AvgIpc) is 2.68. The van der Waals surface area contributed by atoms with Gasteiger partial charge in [0.2, 0.25) is 5.91 Å². The summed E-state index contributed by atoms with van der Waals surface area (Å²) in [7, 11) is 0. The zero-order chi connectivity index (χ0) is 14.5. The highest BCUT2D eigenvalue weighted by molar-refractivity contribution is 9.10. The lowest BCUT2D eigenvalue weighted by Crippen LogP contribution is -2.28. The van der Waals surface area contributed by atoms with Crippen molar-refractivity contribution in [3.05, 3.63) is 28.2 Å². The zero-order valence-corrected chi connectivity index (χ0v) is 13.5. The summed E-state index contributed by atoms with van der Waals surface area (Å²) in [6.07, 6.45) is 0.905. The third-order valence-corrected chi connectivity index (χ3v) is 3.60. The number of halogens is 1. The summed E-state index contributed by atoms with van der Waals surface area (Å²) in [6.45, 7) is 6.56. The van der Waals surface area contributed by atoms with E-state index in [2.05, 4.69) is 40.4 Å². The van der Waals surface area contributed by atoms with Crippen LogP contribution in [0.5, 0.6) is 0 Å². The first kappa shape index (κ1) is 15.5. The van der Waals surface area contributed by atoms with Crippen LogP contribution in [0.1, 0.15) is 31.9 Å². The minimum Gasteiger partial charge on any atom is -0.381 e. The highest BCUT2D eigenvalue weighted by Crippen LogP contribution is 2.32. The fraction of sp³-hybridized carbons (Fsp3) is 0.533. The van der Waals surface area contributed by atoms with Crippen LogP contribution in [-0.4, -0.2) is 25.7 Å². The molecular formula is C15H21BrN2O2. The molecule has 0 saturated carbocycles. The number of benzene rings is 1. The Kier molecular flexibility index (Phi) is 5.57. The molecule has 0 aromatic heterocycles. The molecule has 0 bridgehead atoms. The second-order valence-corrected chi connectivity index (χ2v) is 6.35. The Morgan fingerprint density at radius 3 is 3.00 bits per heavy atom. The Morgan fingerprint density at radius 2 is 2.25 bits per heavy atom. The van der Waals surface area contributed by atoms with Crippen molar-refractivity contribution >= 4 is 27.5 Å². The van der Waals surface area contributed by atoms with Crippen LogP contribution in [0.4, 0.5) is 5.69 Å². The summed E-state index contributed by atoms with van der Waals surface area (Å²) in [4.78, 5) is 11.9. The highest BCUT2D eigenvalue weighted by atomic mass is 79.9. The monoisotopic (exact) mass is 340 g/mol. The Labute approximate surface area is 128 Å². The van der Waals surface area contributed by atoms with Crippen LogP contribution in [0.25, 0.3) is 0 Å². The van der Waals surface area contributed by atoms with E-state index >= 15 is 0 Å². The summed E-state index contributed by atoms with van der Waals surface area (Å²) in [5.74, 6) is 0.579. The smallest absolute Gasteiger partial charge is 0.246 e. The molecule has 0 spiro atoms. The van der Waals surface area contributed by atoms with E-state index in [4.69, 9.17) is 4.74 Å². The summed E-state index contributed by atoms with van der Waals surface area (Å²) < 4.78 is 6.50. The molecule has 0 saturated heterocycles. The van der Waals surface area contributed by atoms with Gasteiger partial charge in [-0.2, -0.15) is 0 Å². The first-order chi connectivity index (χ1) is 9.58. The number of fused-ring (bicyclic) bond motifs is 1. The van der Waals surface area contributed by atoms with Gasteiger partial charge in [0.1, 0.15) is 6.04 Å². The predicted octanol–water partition coefficient (Wildman–Crippen LogP) is 3.09. The fourth-order valence-corrected chi connectivity index (χ4v) is 2.54. The lowest BCUT2D eigenvalue weighted by molar-refractivity contribution is -0.117. The molecule has 0 fully saturated rings. The topological polar surface area (TPSA) is 50.4 Å². The van der Waals surface area contributed by atoms with Crippen LogP contribution in [0, 0.1) is 5.92 Å². The standard InChI is InChI=1S/C15H21BrN2O2/c1-10(2)9-20-7-3-6-17-14-12-5-4-11(16)8-13(12)18-15(14)19/h4-5,8,10,14,17H,3,6-7,9H2,1-2H3,(H,18,19). The van der Waals surface area contributed by atoms with E-state index in [9.17, 15) is 4.79 Å². The third kappa shape index (κ3) is 4.04. The van der Waals surface area contributed by atoms with Crippen molar-refractivity contribution in [3.8, 4) is 0 Å². The second-order valence-electron chi connectivity index (χ2n) is 5.43. The molecule has 1 aliphatic rings. The second kappa shape index (κ2) is 7.20. The lowest BCUT2D eigenvalue weighted by Gasteiger charge is -2.12. The van der Waals surface area contributed by atoms with Crippen molar-refractivity contribution in [1.82, 2.24) is 5.32 Å². The maximum Gasteiger partial charge on any atom is 0.246 e. The van der Waals surface area contributed by atoms with Gasteiger partial charge >= 0.3 is 0 Å². The SMILES string of the molecule is CC(C)COCCCNC1C(=O)Nc2cc(Br)ccc21. The molecule has 1 aromatic carbocycles. The van der Waals surface area contributed by atoms with Crippen LogP contribution >= 0.6 is 15.9 Å². The first-order valence-electron chi connectivity index (χ1n) is 6.99. The number of ether oxygens (including phenoxy) is 1. The van der Waals surface area contributed by atoms with Crippen molar-refractivity contribution < 1.29 is 9.53 Å². The maximum absolute atomic E-state index is 11.9. The van der Waals surface area contributed by atoms with Crippen molar-refractivity contribution in [2.24, 2.45) is 5.92 Å². The number of nitrogens with one attached hydrogen (secondary N) is 2. The third-order valence-electron chi connectivity index (χ3n) is 3.11. The fourth-order valence-electron chi connectivity index (χ4n) is 2.18.